The van der Waals surface area contributed by atoms with E-state index in [1.165, 1.54) is 28.6 Å². The minimum atomic E-state index is -0.437. The van der Waals surface area contributed by atoms with Crippen LogP contribution < -0.4 is 11.2 Å². The molecule has 0 fully saturated rings. The molecular weight excluding hydrogens is 389 g/mol. The van der Waals surface area contributed by atoms with E-state index in [0.29, 0.717) is 22.5 Å². The lowest BCUT2D eigenvalue weighted by Crippen LogP contribution is -2.24. The van der Waals surface area contributed by atoms with Gasteiger partial charge in [0.15, 0.2) is 5.82 Å². The van der Waals surface area contributed by atoms with Crippen LogP contribution >= 0.6 is 11.8 Å². The summed E-state index contributed by atoms with van der Waals surface area (Å²) in [6.07, 6.45) is 0.986. The molecule has 0 aliphatic carbocycles. The second kappa shape index (κ2) is 9.09. The Morgan fingerprint density at radius 1 is 1.17 bits per heavy atom. The number of nitrogen functional groups attached to an aromatic ring is 1. The third kappa shape index (κ3) is 4.76. The third-order valence-electron chi connectivity index (χ3n) is 4.78. The van der Waals surface area contributed by atoms with Gasteiger partial charge in [-0.05, 0) is 55.2 Å². The van der Waals surface area contributed by atoms with Gasteiger partial charge < -0.3 is 11.2 Å². The first-order chi connectivity index (χ1) is 13.9. The quantitative estimate of drug-likeness (QED) is 0.442. The SMILES string of the molecule is CC[C@H](C)c1ccccc1NC(=O)[C@H](C)Sc1nnc(-c2ccc(F)cc2)n1N. The normalized spacial score (nSPS) is 13.1. The lowest BCUT2D eigenvalue weighted by molar-refractivity contribution is -0.115. The highest BCUT2D eigenvalue weighted by atomic mass is 32.2. The van der Waals surface area contributed by atoms with Gasteiger partial charge in [0.2, 0.25) is 11.1 Å². The molecule has 6 nitrogen and oxygen atoms in total. The summed E-state index contributed by atoms with van der Waals surface area (Å²) >= 11 is 1.21. The van der Waals surface area contributed by atoms with Gasteiger partial charge in [0.05, 0.1) is 5.25 Å². The topological polar surface area (TPSA) is 85.8 Å². The zero-order valence-electron chi connectivity index (χ0n) is 16.6. The van der Waals surface area contributed by atoms with Crippen LogP contribution in [0.25, 0.3) is 11.4 Å². The molecule has 3 rings (SSSR count). The number of amides is 1. The van der Waals surface area contributed by atoms with Gasteiger partial charge in [-0.1, -0.05) is 43.8 Å². The molecule has 0 spiro atoms. The van der Waals surface area contributed by atoms with Crippen molar-refractivity contribution in [1.82, 2.24) is 14.9 Å². The number of nitrogens with one attached hydrogen (secondary N) is 1. The Labute approximate surface area is 173 Å². The van der Waals surface area contributed by atoms with Gasteiger partial charge >= 0.3 is 0 Å². The van der Waals surface area contributed by atoms with Gasteiger partial charge in [0, 0.05) is 11.3 Å². The van der Waals surface area contributed by atoms with E-state index >= 15 is 0 Å². The first-order valence-corrected chi connectivity index (χ1v) is 10.3. The van der Waals surface area contributed by atoms with Crippen LogP contribution in [0, 0.1) is 5.82 Å². The number of nitrogens with two attached hydrogens (primary N) is 1. The van der Waals surface area contributed by atoms with Gasteiger partial charge in [0.25, 0.3) is 0 Å². The summed E-state index contributed by atoms with van der Waals surface area (Å²) in [4.78, 5) is 12.7. The molecule has 1 aromatic heterocycles. The lowest BCUT2D eigenvalue weighted by atomic mass is 9.97. The summed E-state index contributed by atoms with van der Waals surface area (Å²) in [6, 6.07) is 13.7. The van der Waals surface area contributed by atoms with E-state index in [9.17, 15) is 9.18 Å². The van der Waals surface area contributed by atoms with Crippen molar-refractivity contribution in [1.29, 1.82) is 0 Å². The number of hydrogen-bond donors (Lipinski definition) is 2. The number of hydrogen-bond acceptors (Lipinski definition) is 5. The number of aromatic nitrogens is 3. The van der Waals surface area contributed by atoms with Crippen molar-refractivity contribution in [3.63, 3.8) is 0 Å². The molecule has 1 heterocycles. The number of halogens is 1. The van der Waals surface area contributed by atoms with Crippen LogP contribution in [-0.2, 0) is 4.79 Å². The average Bonchev–Trinajstić information content (AvgIpc) is 3.08. The van der Waals surface area contributed by atoms with Crippen LogP contribution in [0.5, 0.6) is 0 Å². The van der Waals surface area contributed by atoms with Crippen LogP contribution in [0.15, 0.2) is 53.7 Å². The molecule has 0 saturated heterocycles. The number of nitrogens with zero attached hydrogens (tertiary/aromatic N) is 3. The van der Waals surface area contributed by atoms with Crippen LogP contribution in [0.4, 0.5) is 10.1 Å². The number of rotatable bonds is 7. The second-order valence-electron chi connectivity index (χ2n) is 6.83. The third-order valence-corrected chi connectivity index (χ3v) is 5.84. The van der Waals surface area contributed by atoms with Crippen LogP contribution in [0.3, 0.4) is 0 Å². The fourth-order valence-electron chi connectivity index (χ4n) is 2.86. The van der Waals surface area contributed by atoms with Crippen LogP contribution in [0.1, 0.15) is 38.7 Å². The molecular formula is C21H24FN5OS. The first kappa shape index (κ1) is 20.9. The first-order valence-electron chi connectivity index (χ1n) is 9.43. The Balaban J connectivity index is 1.72. The largest absolute Gasteiger partial charge is 0.335 e. The number of benzene rings is 2. The van der Waals surface area contributed by atoms with Gasteiger partial charge in [-0.2, -0.15) is 0 Å². The highest BCUT2D eigenvalue weighted by Gasteiger charge is 2.21. The van der Waals surface area contributed by atoms with E-state index in [1.807, 2.05) is 24.3 Å². The van der Waals surface area contributed by atoms with E-state index in [1.54, 1.807) is 19.1 Å². The molecule has 1 amide bonds. The van der Waals surface area contributed by atoms with Gasteiger partial charge in [-0.25, -0.2) is 9.07 Å². The molecule has 0 bridgehead atoms. The number of carbonyl (C=O) groups is 1. The number of thioether (sulfide) groups is 1. The Morgan fingerprint density at radius 3 is 2.55 bits per heavy atom. The van der Waals surface area contributed by atoms with Gasteiger partial charge in [-0.3, -0.25) is 4.79 Å². The fourth-order valence-corrected chi connectivity index (χ4v) is 3.63. The average molecular weight is 414 g/mol. The van der Waals surface area contributed by atoms with Crippen molar-refractivity contribution in [2.75, 3.05) is 11.2 Å². The standard InChI is InChI=1S/C21H24FN5OS/c1-4-13(2)17-7-5-6-8-18(17)24-20(28)14(3)29-21-26-25-19(27(21)23)15-9-11-16(22)12-10-15/h5-14H,4,23H2,1-3H3,(H,24,28)/t13-,14-/m0/s1. The van der Waals surface area contributed by atoms with Gasteiger partial charge in [0.1, 0.15) is 5.82 Å². The van der Waals surface area contributed by atoms with Crippen molar-refractivity contribution in [3.05, 3.63) is 59.9 Å². The zero-order chi connectivity index (χ0) is 21.0. The molecule has 29 heavy (non-hydrogen) atoms. The Morgan fingerprint density at radius 2 is 1.86 bits per heavy atom. The molecule has 0 saturated carbocycles. The number of carbonyl (C=O) groups excluding carboxylic acids is 1. The summed E-state index contributed by atoms with van der Waals surface area (Å²) in [5.41, 5.74) is 2.58. The molecule has 3 aromatic rings. The second-order valence-corrected chi connectivity index (χ2v) is 8.14. The molecule has 0 unspecified atom stereocenters. The van der Waals surface area contributed by atoms with E-state index in [4.69, 9.17) is 5.84 Å². The van der Waals surface area contributed by atoms with Crippen LogP contribution in [-0.4, -0.2) is 26.0 Å². The van der Waals surface area contributed by atoms with E-state index in [-0.39, 0.29) is 11.7 Å². The van der Waals surface area contributed by atoms with Crippen molar-refractivity contribution in [2.45, 2.75) is 43.5 Å². The Kier molecular flexibility index (Phi) is 6.53. The van der Waals surface area contributed by atoms with E-state index in [0.717, 1.165) is 17.7 Å². The van der Waals surface area contributed by atoms with Crippen LogP contribution in [0.2, 0.25) is 0 Å². The molecule has 0 radical (unpaired) electrons. The molecule has 0 aliphatic rings. The lowest BCUT2D eigenvalue weighted by Gasteiger charge is -2.17. The number of para-hydroxylation sites is 1. The summed E-state index contributed by atoms with van der Waals surface area (Å²) in [7, 11) is 0. The maximum Gasteiger partial charge on any atom is 0.237 e. The molecule has 2 atom stereocenters. The monoisotopic (exact) mass is 413 g/mol. The van der Waals surface area contributed by atoms with Gasteiger partial charge in [-0.15, -0.1) is 10.2 Å². The van der Waals surface area contributed by atoms with E-state index < -0.39 is 5.25 Å². The molecule has 8 heteroatoms. The summed E-state index contributed by atoms with van der Waals surface area (Å²) < 4.78 is 14.4. The molecule has 2 aromatic carbocycles. The smallest absolute Gasteiger partial charge is 0.237 e. The minimum absolute atomic E-state index is 0.142. The molecule has 0 aliphatic heterocycles. The Bertz CT molecular complexity index is 989. The van der Waals surface area contributed by atoms with Crippen molar-refractivity contribution >= 4 is 23.4 Å². The van der Waals surface area contributed by atoms with E-state index in [2.05, 4.69) is 29.4 Å². The minimum Gasteiger partial charge on any atom is -0.335 e. The van der Waals surface area contributed by atoms with Crippen molar-refractivity contribution in [3.8, 4) is 11.4 Å². The molecule has 152 valence electrons. The molecule has 3 N–H and O–H groups in total. The maximum absolute atomic E-state index is 13.1. The summed E-state index contributed by atoms with van der Waals surface area (Å²) in [5.74, 6) is 6.37. The predicted octanol–water partition coefficient (Wildman–Crippen LogP) is 4.43. The summed E-state index contributed by atoms with van der Waals surface area (Å²) in [5, 5.41) is 11.1. The maximum atomic E-state index is 13.1. The predicted molar refractivity (Wildman–Crippen MR) is 115 cm³/mol. The highest BCUT2D eigenvalue weighted by molar-refractivity contribution is 8.00. The van der Waals surface area contributed by atoms with Crippen molar-refractivity contribution < 1.29 is 9.18 Å². The number of anilines is 1. The van der Waals surface area contributed by atoms with Crippen molar-refractivity contribution in [2.24, 2.45) is 0 Å². The highest BCUT2D eigenvalue weighted by Crippen LogP contribution is 2.29. The fraction of sp³-hybridized carbons (Fsp3) is 0.286. The Hall–Kier alpha value is -2.87. The summed E-state index contributed by atoms with van der Waals surface area (Å²) in [6.45, 7) is 6.05. The zero-order valence-corrected chi connectivity index (χ0v) is 17.4.